The van der Waals surface area contributed by atoms with E-state index in [1.807, 2.05) is 4.90 Å². The molecule has 0 aliphatic carbocycles. The van der Waals surface area contributed by atoms with Crippen LogP contribution in [0.1, 0.15) is 66.2 Å². The fraction of sp³-hybridized carbons (Fsp3) is 0.909. The Morgan fingerprint density at radius 2 is 1.37 bits per heavy atom. The third-order valence-electron chi connectivity index (χ3n) is 5.74. The summed E-state index contributed by atoms with van der Waals surface area (Å²) in [5.74, 6) is 1.75. The van der Waals surface area contributed by atoms with Crippen molar-refractivity contribution in [2.75, 3.05) is 45.8 Å². The zero-order chi connectivity index (χ0) is 19.8. The largest absolute Gasteiger partial charge is 0.342 e. The first-order valence-electron chi connectivity index (χ1n) is 11.2. The number of hydrogen-bond donors (Lipinski definition) is 0. The number of hydrogen-bond acceptors (Lipinski definition) is 3. The van der Waals surface area contributed by atoms with E-state index in [0.29, 0.717) is 24.3 Å². The van der Waals surface area contributed by atoms with Crippen LogP contribution >= 0.6 is 0 Å². The average Bonchev–Trinajstić information content (AvgIpc) is 2.90. The van der Waals surface area contributed by atoms with Gasteiger partial charge in [-0.05, 0) is 50.6 Å². The van der Waals surface area contributed by atoms with Gasteiger partial charge >= 0.3 is 0 Å². The normalized spacial score (nSPS) is 20.1. The average molecular weight is 380 g/mol. The van der Waals surface area contributed by atoms with E-state index in [0.717, 1.165) is 65.0 Å². The molecule has 2 aliphatic rings. The first-order chi connectivity index (χ1) is 12.9. The van der Waals surface area contributed by atoms with Crippen LogP contribution < -0.4 is 0 Å². The number of carbonyl (C=O) groups is 2. The van der Waals surface area contributed by atoms with Gasteiger partial charge in [-0.2, -0.15) is 0 Å². The highest BCUT2D eigenvalue weighted by Gasteiger charge is 2.30. The molecule has 0 spiro atoms. The standard InChI is InChI=1S/C22H41N3O2/c1-18(2)15-25(16-19(3)4)21(26)17-23-13-9-20(10-14-23)22(27)24-11-7-5-6-8-12-24/h18-20H,5-17H2,1-4H3. The summed E-state index contributed by atoms with van der Waals surface area (Å²) in [6.07, 6.45) is 6.62. The Morgan fingerprint density at radius 3 is 1.85 bits per heavy atom. The lowest BCUT2D eigenvalue weighted by molar-refractivity contribution is -0.137. The molecule has 156 valence electrons. The number of rotatable bonds is 7. The van der Waals surface area contributed by atoms with Crippen LogP contribution in [0.4, 0.5) is 0 Å². The van der Waals surface area contributed by atoms with E-state index < -0.39 is 0 Å². The Bertz CT molecular complexity index is 452. The lowest BCUT2D eigenvalue weighted by atomic mass is 9.95. The monoisotopic (exact) mass is 379 g/mol. The summed E-state index contributed by atoms with van der Waals surface area (Å²) in [6, 6.07) is 0. The Kier molecular flexibility index (Phi) is 9.07. The molecule has 0 atom stereocenters. The van der Waals surface area contributed by atoms with Crippen LogP contribution in [-0.2, 0) is 9.59 Å². The highest BCUT2D eigenvalue weighted by atomic mass is 16.2. The van der Waals surface area contributed by atoms with Gasteiger partial charge in [-0.25, -0.2) is 0 Å². The topological polar surface area (TPSA) is 43.9 Å². The SMILES string of the molecule is CC(C)CN(CC(C)C)C(=O)CN1CCC(C(=O)N2CCCCCC2)CC1. The van der Waals surface area contributed by atoms with Crippen molar-refractivity contribution in [1.82, 2.24) is 14.7 Å². The highest BCUT2D eigenvalue weighted by molar-refractivity contribution is 5.79. The number of nitrogens with zero attached hydrogens (tertiary/aromatic N) is 3. The maximum absolute atomic E-state index is 12.8. The second kappa shape index (κ2) is 11.0. The molecular weight excluding hydrogens is 338 g/mol. The summed E-state index contributed by atoms with van der Waals surface area (Å²) in [6.45, 7) is 14.5. The molecule has 2 heterocycles. The van der Waals surface area contributed by atoms with Gasteiger partial charge in [0.2, 0.25) is 11.8 Å². The van der Waals surface area contributed by atoms with Gasteiger partial charge in [0.15, 0.2) is 0 Å². The van der Waals surface area contributed by atoms with Crippen LogP contribution in [0.2, 0.25) is 0 Å². The predicted octanol–water partition coefficient (Wildman–Crippen LogP) is 3.24. The van der Waals surface area contributed by atoms with E-state index in [1.54, 1.807) is 0 Å². The highest BCUT2D eigenvalue weighted by Crippen LogP contribution is 2.22. The molecule has 2 saturated heterocycles. The maximum Gasteiger partial charge on any atom is 0.236 e. The van der Waals surface area contributed by atoms with Gasteiger partial charge in [0.1, 0.15) is 0 Å². The third-order valence-corrected chi connectivity index (χ3v) is 5.74. The van der Waals surface area contributed by atoms with E-state index in [1.165, 1.54) is 12.8 Å². The maximum atomic E-state index is 12.8. The van der Waals surface area contributed by atoms with E-state index in [-0.39, 0.29) is 11.8 Å². The smallest absolute Gasteiger partial charge is 0.236 e. The molecule has 5 nitrogen and oxygen atoms in total. The minimum absolute atomic E-state index is 0.164. The number of carbonyl (C=O) groups excluding carboxylic acids is 2. The van der Waals surface area contributed by atoms with Crippen molar-refractivity contribution in [3.8, 4) is 0 Å². The summed E-state index contributed by atoms with van der Waals surface area (Å²) in [4.78, 5) is 32.0. The van der Waals surface area contributed by atoms with E-state index >= 15 is 0 Å². The van der Waals surface area contributed by atoms with Gasteiger partial charge in [-0.15, -0.1) is 0 Å². The molecule has 0 saturated carbocycles. The van der Waals surface area contributed by atoms with Gasteiger partial charge in [-0.3, -0.25) is 14.5 Å². The van der Waals surface area contributed by atoms with Crippen molar-refractivity contribution < 1.29 is 9.59 Å². The molecule has 0 unspecified atom stereocenters. The molecular formula is C22H41N3O2. The van der Waals surface area contributed by atoms with Crippen LogP contribution in [0.15, 0.2) is 0 Å². The summed E-state index contributed by atoms with van der Waals surface area (Å²) < 4.78 is 0. The van der Waals surface area contributed by atoms with Crippen molar-refractivity contribution in [2.24, 2.45) is 17.8 Å². The van der Waals surface area contributed by atoms with Crippen LogP contribution in [0, 0.1) is 17.8 Å². The first kappa shape index (κ1) is 22.2. The third kappa shape index (κ3) is 7.44. The van der Waals surface area contributed by atoms with Gasteiger partial charge in [0.25, 0.3) is 0 Å². The lowest BCUT2D eigenvalue weighted by Gasteiger charge is -2.35. The van der Waals surface area contributed by atoms with Crippen LogP contribution in [0.5, 0.6) is 0 Å². The van der Waals surface area contributed by atoms with Crippen molar-refractivity contribution in [3.63, 3.8) is 0 Å². The summed E-state index contributed by atoms with van der Waals surface area (Å²) >= 11 is 0. The van der Waals surface area contributed by atoms with Gasteiger partial charge in [0, 0.05) is 32.1 Å². The lowest BCUT2D eigenvalue weighted by Crippen LogP contribution is -2.47. The molecule has 0 radical (unpaired) electrons. The van der Waals surface area contributed by atoms with Gasteiger partial charge in [-0.1, -0.05) is 40.5 Å². The second-order valence-electron chi connectivity index (χ2n) is 9.38. The molecule has 0 N–H and O–H groups in total. The van der Waals surface area contributed by atoms with Crippen LogP contribution in [0.25, 0.3) is 0 Å². The summed E-state index contributed by atoms with van der Waals surface area (Å²) in [5, 5.41) is 0. The second-order valence-corrected chi connectivity index (χ2v) is 9.38. The van der Waals surface area contributed by atoms with Crippen molar-refractivity contribution in [1.29, 1.82) is 0 Å². The van der Waals surface area contributed by atoms with Gasteiger partial charge in [0.05, 0.1) is 6.54 Å². The molecule has 0 bridgehead atoms. The number of piperidine rings is 1. The molecule has 2 rings (SSSR count). The minimum atomic E-state index is 0.164. The molecule has 27 heavy (non-hydrogen) atoms. The number of likely N-dealkylation sites (tertiary alicyclic amines) is 2. The van der Waals surface area contributed by atoms with Crippen LogP contribution in [0.3, 0.4) is 0 Å². The molecule has 2 amide bonds. The molecule has 0 aromatic carbocycles. The fourth-order valence-corrected chi connectivity index (χ4v) is 4.34. The summed E-state index contributed by atoms with van der Waals surface area (Å²) in [7, 11) is 0. The fourth-order valence-electron chi connectivity index (χ4n) is 4.34. The van der Waals surface area contributed by atoms with Crippen LogP contribution in [-0.4, -0.2) is 72.3 Å². The zero-order valence-corrected chi connectivity index (χ0v) is 18.1. The van der Waals surface area contributed by atoms with Crippen molar-refractivity contribution in [2.45, 2.75) is 66.2 Å². The molecule has 2 aliphatic heterocycles. The number of amides is 2. The Morgan fingerprint density at radius 1 is 0.852 bits per heavy atom. The molecule has 5 heteroatoms. The Balaban J connectivity index is 1.80. The van der Waals surface area contributed by atoms with E-state index in [9.17, 15) is 9.59 Å². The van der Waals surface area contributed by atoms with E-state index in [4.69, 9.17) is 0 Å². The zero-order valence-electron chi connectivity index (χ0n) is 18.1. The summed E-state index contributed by atoms with van der Waals surface area (Å²) in [5.41, 5.74) is 0. The predicted molar refractivity (Wildman–Crippen MR) is 110 cm³/mol. The van der Waals surface area contributed by atoms with Gasteiger partial charge < -0.3 is 9.80 Å². The van der Waals surface area contributed by atoms with Crippen molar-refractivity contribution in [3.05, 3.63) is 0 Å². The molecule has 0 aromatic rings. The minimum Gasteiger partial charge on any atom is -0.342 e. The quantitative estimate of drug-likeness (QED) is 0.682. The Labute approximate surface area is 166 Å². The van der Waals surface area contributed by atoms with E-state index in [2.05, 4.69) is 37.5 Å². The Hall–Kier alpha value is -1.10. The van der Waals surface area contributed by atoms with Crippen molar-refractivity contribution >= 4 is 11.8 Å². The molecule has 0 aromatic heterocycles. The molecule has 2 fully saturated rings. The first-order valence-corrected chi connectivity index (χ1v) is 11.2.